The third-order valence-electron chi connectivity index (χ3n) is 3.50. The normalized spacial score (nSPS) is 10.0. The molecule has 3 aromatic rings. The largest absolute Gasteiger partial charge is 0.465 e. The Morgan fingerprint density at radius 3 is 2.48 bits per heavy atom. The van der Waals surface area contributed by atoms with Gasteiger partial charge in [0.05, 0.1) is 18.2 Å². The molecule has 23 heavy (non-hydrogen) atoms. The van der Waals surface area contributed by atoms with Gasteiger partial charge in [0, 0.05) is 11.1 Å². The summed E-state index contributed by atoms with van der Waals surface area (Å²) in [5.74, 6) is 0.438. The summed E-state index contributed by atoms with van der Waals surface area (Å²) < 4.78 is 4.69. The molecule has 0 aliphatic heterocycles. The number of esters is 1. The van der Waals surface area contributed by atoms with Gasteiger partial charge in [-0.3, -0.25) is 0 Å². The topological polar surface area (TPSA) is 51.2 Å². The predicted molar refractivity (Wildman–Crippen MR) is 94.8 cm³/mol. The van der Waals surface area contributed by atoms with Crippen molar-refractivity contribution in [2.75, 3.05) is 12.4 Å². The third kappa shape index (κ3) is 3.60. The molecule has 118 valence electrons. The van der Waals surface area contributed by atoms with Gasteiger partial charge in [0.2, 0.25) is 0 Å². The third-order valence-corrected chi connectivity index (χ3v) is 3.50. The summed E-state index contributed by atoms with van der Waals surface area (Å²) in [6.45, 7) is 2.07. The van der Waals surface area contributed by atoms with E-state index in [1.165, 1.54) is 12.7 Å². The maximum atomic E-state index is 11.4. The van der Waals surface area contributed by atoms with E-state index < -0.39 is 0 Å². The molecule has 4 nitrogen and oxygen atoms in total. The van der Waals surface area contributed by atoms with Crippen molar-refractivity contribution < 1.29 is 9.53 Å². The monoisotopic (exact) mass is 328 g/mol. The molecular weight excluding hydrogens is 312 g/mol. The number of fused-ring (bicyclic) bond motifs is 1. The first-order valence-electron chi connectivity index (χ1n) is 6.99. The molecule has 0 amide bonds. The van der Waals surface area contributed by atoms with Gasteiger partial charge >= 0.3 is 5.97 Å². The fraction of sp³-hybridized carbons (Fsp3) is 0.111. The molecule has 0 atom stereocenters. The number of ether oxygens (including phenoxy) is 1. The van der Waals surface area contributed by atoms with Crippen molar-refractivity contribution >= 4 is 40.8 Å². The molecular formula is C18H17ClN2O2. The van der Waals surface area contributed by atoms with E-state index in [0.717, 1.165) is 22.4 Å². The number of nitrogens with one attached hydrogen (secondary N) is 1. The van der Waals surface area contributed by atoms with Gasteiger partial charge in [-0.05, 0) is 48.9 Å². The lowest BCUT2D eigenvalue weighted by molar-refractivity contribution is 0.0601. The lowest BCUT2D eigenvalue weighted by atomic mass is 10.1. The molecule has 0 saturated heterocycles. The van der Waals surface area contributed by atoms with Crippen molar-refractivity contribution in [1.29, 1.82) is 0 Å². The van der Waals surface area contributed by atoms with Crippen LogP contribution in [0, 0.1) is 6.92 Å². The molecule has 0 spiro atoms. The maximum Gasteiger partial charge on any atom is 0.337 e. The summed E-state index contributed by atoms with van der Waals surface area (Å²) in [5, 5.41) is 4.41. The molecule has 0 aliphatic rings. The van der Waals surface area contributed by atoms with Gasteiger partial charge in [0.15, 0.2) is 0 Å². The molecule has 5 heteroatoms. The Kier molecular flexibility index (Phi) is 5.19. The quantitative estimate of drug-likeness (QED) is 0.719. The lowest BCUT2D eigenvalue weighted by Crippen LogP contribution is -2.01. The van der Waals surface area contributed by atoms with Crippen LogP contribution in [0.3, 0.4) is 0 Å². The van der Waals surface area contributed by atoms with Crippen LogP contribution in [0.2, 0.25) is 0 Å². The zero-order valence-electron chi connectivity index (χ0n) is 12.9. The number of rotatable bonds is 3. The van der Waals surface area contributed by atoms with Crippen molar-refractivity contribution in [2.24, 2.45) is 0 Å². The fourth-order valence-electron chi connectivity index (χ4n) is 2.37. The fourth-order valence-corrected chi connectivity index (χ4v) is 2.37. The van der Waals surface area contributed by atoms with Gasteiger partial charge in [-0.2, -0.15) is 0 Å². The zero-order chi connectivity index (χ0) is 15.5. The van der Waals surface area contributed by atoms with Crippen LogP contribution in [0.4, 0.5) is 11.5 Å². The number of aryl methyl sites for hydroxylation is 1. The minimum Gasteiger partial charge on any atom is -0.465 e. The molecule has 0 unspecified atom stereocenters. The zero-order valence-corrected chi connectivity index (χ0v) is 13.7. The average Bonchev–Trinajstić information content (AvgIpc) is 2.55. The number of anilines is 2. The van der Waals surface area contributed by atoms with Gasteiger partial charge < -0.3 is 10.1 Å². The standard InChI is InChI=1S/C18H16N2O2.ClH/c1-12-11-17(20-16-6-4-3-5-15(12)16)19-14-9-7-13(8-10-14)18(21)22-2;/h3-11H,1-2H3,(H,19,20);1H. The van der Waals surface area contributed by atoms with Crippen molar-refractivity contribution in [3.05, 3.63) is 65.7 Å². The van der Waals surface area contributed by atoms with Gasteiger partial charge in [-0.1, -0.05) is 18.2 Å². The van der Waals surface area contributed by atoms with Crippen LogP contribution in [0.25, 0.3) is 10.9 Å². The van der Waals surface area contributed by atoms with Crippen LogP contribution in [0.15, 0.2) is 54.6 Å². The van der Waals surface area contributed by atoms with Gasteiger partial charge in [-0.25, -0.2) is 9.78 Å². The van der Waals surface area contributed by atoms with E-state index in [9.17, 15) is 4.79 Å². The minimum atomic E-state index is -0.341. The van der Waals surface area contributed by atoms with Crippen LogP contribution in [-0.4, -0.2) is 18.1 Å². The Balaban J connectivity index is 0.00000192. The first-order chi connectivity index (χ1) is 10.7. The Bertz CT molecular complexity index is 832. The first kappa shape index (κ1) is 16.8. The smallest absolute Gasteiger partial charge is 0.337 e. The maximum absolute atomic E-state index is 11.4. The lowest BCUT2D eigenvalue weighted by Gasteiger charge is -2.09. The number of hydrogen-bond acceptors (Lipinski definition) is 4. The average molecular weight is 329 g/mol. The summed E-state index contributed by atoms with van der Waals surface area (Å²) in [4.78, 5) is 16.0. The van der Waals surface area contributed by atoms with E-state index in [-0.39, 0.29) is 18.4 Å². The first-order valence-corrected chi connectivity index (χ1v) is 6.99. The predicted octanol–water partition coefficient (Wildman–Crippen LogP) is 4.50. The van der Waals surface area contributed by atoms with E-state index in [0.29, 0.717) is 5.56 Å². The van der Waals surface area contributed by atoms with E-state index >= 15 is 0 Å². The number of pyridine rings is 1. The highest BCUT2D eigenvalue weighted by molar-refractivity contribution is 5.90. The molecule has 0 bridgehead atoms. The second-order valence-corrected chi connectivity index (χ2v) is 5.04. The van der Waals surface area contributed by atoms with E-state index in [1.807, 2.05) is 36.4 Å². The summed E-state index contributed by atoms with van der Waals surface area (Å²) in [5.41, 5.74) is 3.51. The molecule has 0 saturated carbocycles. The van der Waals surface area contributed by atoms with Gasteiger partial charge in [0.1, 0.15) is 5.82 Å². The van der Waals surface area contributed by atoms with E-state index in [4.69, 9.17) is 0 Å². The second-order valence-electron chi connectivity index (χ2n) is 5.04. The molecule has 0 fully saturated rings. The Morgan fingerprint density at radius 1 is 1.09 bits per heavy atom. The number of hydrogen-bond donors (Lipinski definition) is 1. The van der Waals surface area contributed by atoms with Crippen molar-refractivity contribution in [3.8, 4) is 0 Å². The van der Waals surface area contributed by atoms with Crippen LogP contribution < -0.4 is 5.32 Å². The number of benzene rings is 2. The molecule has 1 aromatic heterocycles. The number of aromatic nitrogens is 1. The van der Waals surface area contributed by atoms with Crippen LogP contribution in [-0.2, 0) is 4.74 Å². The molecule has 3 rings (SSSR count). The second kappa shape index (κ2) is 7.11. The highest BCUT2D eigenvalue weighted by atomic mass is 35.5. The van der Waals surface area contributed by atoms with E-state index in [2.05, 4.69) is 28.0 Å². The number of carbonyl (C=O) groups excluding carboxylic acids is 1. The Hall–Kier alpha value is -2.59. The molecule has 0 aliphatic carbocycles. The molecule has 1 heterocycles. The van der Waals surface area contributed by atoms with Crippen molar-refractivity contribution in [3.63, 3.8) is 0 Å². The van der Waals surface area contributed by atoms with Crippen LogP contribution >= 0.6 is 12.4 Å². The van der Waals surface area contributed by atoms with Gasteiger partial charge in [0.25, 0.3) is 0 Å². The summed E-state index contributed by atoms with van der Waals surface area (Å²) >= 11 is 0. The highest BCUT2D eigenvalue weighted by Gasteiger charge is 2.06. The summed E-state index contributed by atoms with van der Waals surface area (Å²) in [6.07, 6.45) is 0. The number of nitrogens with zero attached hydrogens (tertiary/aromatic N) is 1. The summed E-state index contributed by atoms with van der Waals surface area (Å²) in [7, 11) is 1.37. The Labute approximate surface area is 140 Å². The Morgan fingerprint density at radius 2 is 1.78 bits per heavy atom. The van der Waals surface area contributed by atoms with Crippen molar-refractivity contribution in [2.45, 2.75) is 6.92 Å². The minimum absolute atomic E-state index is 0. The molecule has 0 radical (unpaired) electrons. The van der Waals surface area contributed by atoms with Crippen molar-refractivity contribution in [1.82, 2.24) is 4.98 Å². The highest BCUT2D eigenvalue weighted by Crippen LogP contribution is 2.22. The summed E-state index contributed by atoms with van der Waals surface area (Å²) in [6, 6.07) is 17.2. The van der Waals surface area contributed by atoms with Gasteiger partial charge in [-0.15, -0.1) is 12.4 Å². The number of methoxy groups -OCH3 is 1. The number of halogens is 1. The van der Waals surface area contributed by atoms with Crippen LogP contribution in [0.5, 0.6) is 0 Å². The molecule has 1 N–H and O–H groups in total. The SMILES string of the molecule is COC(=O)c1ccc(Nc2cc(C)c3ccccc3n2)cc1.Cl. The van der Waals surface area contributed by atoms with E-state index in [1.54, 1.807) is 12.1 Å². The van der Waals surface area contributed by atoms with Crippen LogP contribution in [0.1, 0.15) is 15.9 Å². The number of para-hydroxylation sites is 1. The molecule has 2 aromatic carbocycles. The number of carbonyl (C=O) groups is 1.